The van der Waals surface area contributed by atoms with Crippen molar-refractivity contribution in [1.29, 1.82) is 0 Å². The zero-order valence-electron chi connectivity index (χ0n) is 12.7. The Bertz CT molecular complexity index is 681. The molecule has 0 bridgehead atoms. The maximum absolute atomic E-state index is 12.4. The monoisotopic (exact) mass is 341 g/mol. The molecule has 1 aliphatic carbocycles. The number of esters is 1. The molecule has 0 aromatic heterocycles. The SMILES string of the molecule is COC(=O)C1(CS(=O)(=O)N[C@@H](C(=O)O)c2ccccc2)CCC1. The van der Waals surface area contributed by atoms with Crippen molar-refractivity contribution in [3.8, 4) is 0 Å². The third kappa shape index (κ3) is 3.89. The number of carbonyl (C=O) groups excluding carboxylic acids is 1. The minimum Gasteiger partial charge on any atom is -0.480 e. The van der Waals surface area contributed by atoms with Gasteiger partial charge in [-0.3, -0.25) is 9.59 Å². The molecule has 0 spiro atoms. The van der Waals surface area contributed by atoms with Crippen LogP contribution in [0.25, 0.3) is 0 Å². The summed E-state index contributed by atoms with van der Waals surface area (Å²) in [5, 5.41) is 9.30. The van der Waals surface area contributed by atoms with E-state index < -0.39 is 39.2 Å². The van der Waals surface area contributed by atoms with Gasteiger partial charge in [-0.2, -0.15) is 4.72 Å². The van der Waals surface area contributed by atoms with Crippen LogP contribution in [0.3, 0.4) is 0 Å². The van der Waals surface area contributed by atoms with Gasteiger partial charge < -0.3 is 9.84 Å². The van der Waals surface area contributed by atoms with Crippen molar-refractivity contribution in [3.05, 3.63) is 35.9 Å². The number of carboxylic acid groups (broad SMARTS) is 1. The standard InChI is InChI=1S/C15H19NO6S/c1-22-14(19)15(8-5-9-15)10-23(20,21)16-12(13(17)18)11-6-3-2-4-7-11/h2-4,6-7,12,16H,5,8-10H2,1H3,(H,17,18)/t12-/m1/s1. The highest BCUT2D eigenvalue weighted by Gasteiger charge is 2.49. The average molecular weight is 341 g/mol. The van der Waals surface area contributed by atoms with Gasteiger partial charge in [0.2, 0.25) is 10.0 Å². The summed E-state index contributed by atoms with van der Waals surface area (Å²) in [6.45, 7) is 0. The highest BCUT2D eigenvalue weighted by Crippen LogP contribution is 2.43. The van der Waals surface area contributed by atoms with Gasteiger partial charge >= 0.3 is 11.9 Å². The molecule has 8 heteroatoms. The van der Waals surface area contributed by atoms with Crippen LogP contribution in [-0.2, 0) is 24.3 Å². The first-order chi connectivity index (χ1) is 10.8. The average Bonchev–Trinajstić information content (AvgIpc) is 2.48. The Balaban J connectivity index is 2.19. The van der Waals surface area contributed by atoms with Crippen LogP contribution in [0.4, 0.5) is 0 Å². The topological polar surface area (TPSA) is 110 Å². The van der Waals surface area contributed by atoms with Crippen LogP contribution in [0.5, 0.6) is 0 Å². The molecule has 1 aliphatic rings. The highest BCUT2D eigenvalue weighted by molar-refractivity contribution is 7.89. The number of hydrogen-bond donors (Lipinski definition) is 2. The number of ether oxygens (including phenoxy) is 1. The van der Waals surface area contributed by atoms with Crippen LogP contribution in [0.15, 0.2) is 30.3 Å². The Kier molecular flexibility index (Phi) is 5.06. The summed E-state index contributed by atoms with van der Waals surface area (Å²) in [5.74, 6) is -2.34. The maximum Gasteiger partial charge on any atom is 0.326 e. The number of carbonyl (C=O) groups is 2. The Morgan fingerprint density at radius 1 is 1.30 bits per heavy atom. The van der Waals surface area contributed by atoms with E-state index in [9.17, 15) is 23.1 Å². The van der Waals surface area contributed by atoms with Crippen molar-refractivity contribution in [2.45, 2.75) is 25.3 Å². The van der Waals surface area contributed by atoms with Gasteiger partial charge in [0.1, 0.15) is 6.04 Å². The van der Waals surface area contributed by atoms with E-state index in [1.807, 2.05) is 0 Å². The second-order valence-electron chi connectivity index (χ2n) is 5.68. The Morgan fingerprint density at radius 3 is 2.35 bits per heavy atom. The zero-order valence-corrected chi connectivity index (χ0v) is 13.5. The van der Waals surface area contributed by atoms with E-state index in [2.05, 4.69) is 4.72 Å². The van der Waals surface area contributed by atoms with Crippen LogP contribution in [0.1, 0.15) is 30.9 Å². The molecule has 0 heterocycles. The minimum atomic E-state index is -3.98. The van der Waals surface area contributed by atoms with E-state index in [0.717, 1.165) is 6.42 Å². The van der Waals surface area contributed by atoms with Crippen LogP contribution in [-0.4, -0.2) is 38.3 Å². The number of sulfonamides is 1. The third-order valence-corrected chi connectivity index (χ3v) is 5.60. The van der Waals surface area contributed by atoms with E-state index >= 15 is 0 Å². The lowest BCUT2D eigenvalue weighted by Gasteiger charge is -2.38. The van der Waals surface area contributed by atoms with Gasteiger partial charge in [0.15, 0.2) is 0 Å². The molecular weight excluding hydrogens is 322 g/mol. The summed E-state index contributed by atoms with van der Waals surface area (Å²) < 4.78 is 31.6. The number of rotatable bonds is 7. The lowest BCUT2D eigenvalue weighted by Crippen LogP contribution is -2.48. The van der Waals surface area contributed by atoms with Crippen molar-refractivity contribution in [2.24, 2.45) is 5.41 Å². The highest BCUT2D eigenvalue weighted by atomic mass is 32.2. The molecule has 23 heavy (non-hydrogen) atoms. The van der Waals surface area contributed by atoms with Crippen molar-refractivity contribution < 1.29 is 27.9 Å². The number of hydrogen-bond acceptors (Lipinski definition) is 5. The summed E-state index contributed by atoms with van der Waals surface area (Å²) >= 11 is 0. The molecule has 0 radical (unpaired) electrons. The van der Waals surface area contributed by atoms with Crippen LogP contribution < -0.4 is 4.72 Å². The summed E-state index contributed by atoms with van der Waals surface area (Å²) in [7, 11) is -2.76. The molecule has 0 amide bonds. The fraction of sp³-hybridized carbons (Fsp3) is 0.467. The molecular formula is C15H19NO6S. The molecule has 1 saturated carbocycles. The van der Waals surface area contributed by atoms with E-state index in [4.69, 9.17) is 4.74 Å². The van der Waals surface area contributed by atoms with Crippen LogP contribution in [0, 0.1) is 5.41 Å². The summed E-state index contributed by atoms with van der Waals surface area (Å²) in [5.41, 5.74) is -0.746. The molecule has 1 aromatic rings. The molecule has 1 aromatic carbocycles. The smallest absolute Gasteiger partial charge is 0.326 e. The summed E-state index contributed by atoms with van der Waals surface area (Å²) in [6.07, 6.45) is 1.58. The Hall–Kier alpha value is -1.93. The first-order valence-corrected chi connectivity index (χ1v) is 8.81. The van der Waals surface area contributed by atoms with Gasteiger partial charge in [-0.05, 0) is 18.4 Å². The zero-order chi connectivity index (χ0) is 17.1. The second kappa shape index (κ2) is 6.67. The maximum atomic E-state index is 12.4. The molecule has 126 valence electrons. The summed E-state index contributed by atoms with van der Waals surface area (Å²) in [6, 6.07) is 6.62. The molecule has 7 nitrogen and oxygen atoms in total. The van der Waals surface area contributed by atoms with Gasteiger partial charge in [0, 0.05) is 0 Å². The van der Waals surface area contributed by atoms with E-state index in [1.54, 1.807) is 18.2 Å². The lowest BCUT2D eigenvalue weighted by atomic mass is 9.70. The molecule has 0 saturated heterocycles. The Labute approximate surface area is 134 Å². The van der Waals surface area contributed by atoms with E-state index in [-0.39, 0.29) is 0 Å². The van der Waals surface area contributed by atoms with Gasteiger partial charge in [-0.1, -0.05) is 36.8 Å². The minimum absolute atomic E-state index is 0.323. The van der Waals surface area contributed by atoms with Gasteiger partial charge in [0.05, 0.1) is 18.3 Å². The number of methoxy groups -OCH3 is 1. The summed E-state index contributed by atoms with van der Waals surface area (Å²) in [4.78, 5) is 23.3. The molecule has 1 fully saturated rings. The fourth-order valence-corrected chi connectivity index (χ4v) is 4.53. The number of benzene rings is 1. The number of aliphatic carboxylic acids is 1. The second-order valence-corrected chi connectivity index (χ2v) is 7.44. The Morgan fingerprint density at radius 2 is 1.91 bits per heavy atom. The predicted molar refractivity (Wildman–Crippen MR) is 82.0 cm³/mol. The van der Waals surface area contributed by atoms with Crippen molar-refractivity contribution in [3.63, 3.8) is 0 Å². The molecule has 2 N–H and O–H groups in total. The van der Waals surface area contributed by atoms with Gasteiger partial charge in [-0.15, -0.1) is 0 Å². The predicted octanol–water partition coefficient (Wildman–Crippen LogP) is 1.08. The first kappa shape index (κ1) is 17.4. The lowest BCUT2D eigenvalue weighted by molar-refractivity contribution is -0.156. The number of carboxylic acids is 1. The van der Waals surface area contributed by atoms with Crippen molar-refractivity contribution in [1.82, 2.24) is 4.72 Å². The molecule has 1 atom stereocenters. The van der Waals surface area contributed by atoms with Gasteiger partial charge in [-0.25, -0.2) is 8.42 Å². The van der Waals surface area contributed by atoms with E-state index in [0.29, 0.717) is 18.4 Å². The van der Waals surface area contributed by atoms with E-state index in [1.165, 1.54) is 19.2 Å². The first-order valence-electron chi connectivity index (χ1n) is 7.16. The normalized spacial score (nSPS) is 17.8. The van der Waals surface area contributed by atoms with Crippen molar-refractivity contribution >= 4 is 22.0 Å². The third-order valence-electron chi connectivity index (χ3n) is 4.07. The molecule has 0 unspecified atom stereocenters. The largest absolute Gasteiger partial charge is 0.480 e. The van der Waals surface area contributed by atoms with Crippen LogP contribution >= 0.6 is 0 Å². The molecule has 0 aliphatic heterocycles. The van der Waals surface area contributed by atoms with Crippen LogP contribution in [0.2, 0.25) is 0 Å². The molecule has 2 rings (SSSR count). The fourth-order valence-electron chi connectivity index (χ4n) is 2.72. The van der Waals surface area contributed by atoms with Crippen molar-refractivity contribution in [2.75, 3.05) is 12.9 Å². The van der Waals surface area contributed by atoms with Gasteiger partial charge in [0.25, 0.3) is 0 Å². The quantitative estimate of drug-likeness (QED) is 0.718. The number of nitrogens with one attached hydrogen (secondary N) is 1.